The van der Waals surface area contributed by atoms with E-state index in [9.17, 15) is 29.4 Å². The minimum atomic E-state index is -0.521. The number of unbranched alkanes of at least 4 members (excludes halogenated alkanes) is 2. The number of hydrogen-bond acceptors (Lipinski definition) is 8. The maximum absolute atomic E-state index is 13.0. The maximum atomic E-state index is 13.0. The van der Waals surface area contributed by atoms with Crippen molar-refractivity contribution < 1.29 is 38.9 Å². The van der Waals surface area contributed by atoms with E-state index in [1.165, 1.54) is 36.4 Å². The van der Waals surface area contributed by atoms with Crippen LogP contribution in [-0.2, 0) is 9.47 Å². The molecule has 10 heteroatoms. The Hall–Kier alpha value is -5.64. The van der Waals surface area contributed by atoms with Crippen LogP contribution < -0.4 is 10.6 Å². The highest BCUT2D eigenvalue weighted by Gasteiger charge is 2.18. The summed E-state index contributed by atoms with van der Waals surface area (Å²) in [5.41, 5.74) is 3.77. The molecular formula is C38H40N2O8. The van der Waals surface area contributed by atoms with Crippen molar-refractivity contribution in [2.24, 2.45) is 0 Å². The van der Waals surface area contributed by atoms with Gasteiger partial charge in [-0.2, -0.15) is 0 Å². The first kappa shape index (κ1) is 35.2. The third kappa shape index (κ3) is 8.79. The highest BCUT2D eigenvalue weighted by atomic mass is 16.5. The van der Waals surface area contributed by atoms with Gasteiger partial charge in [0.05, 0.1) is 35.7 Å². The third-order valence-electron chi connectivity index (χ3n) is 7.73. The average Bonchev–Trinajstić information content (AvgIpc) is 3.07. The predicted molar refractivity (Wildman–Crippen MR) is 184 cm³/mol. The SMILES string of the molecule is CCCCOC(=O)c1cc(C(=O)Nc2ccc(-c3ccc(NC(=O)c4ccc(C)c(C(=O)OCCCC)c4)c(O)c3)cc2O)ccc1C. The van der Waals surface area contributed by atoms with Crippen LogP contribution in [0.3, 0.4) is 0 Å². The number of hydrogen-bond donors (Lipinski definition) is 4. The Balaban J connectivity index is 1.44. The number of nitrogens with one attached hydrogen (secondary N) is 2. The van der Waals surface area contributed by atoms with Crippen molar-refractivity contribution in [3.05, 3.63) is 106 Å². The Morgan fingerprint density at radius 2 is 0.979 bits per heavy atom. The number of anilines is 2. The van der Waals surface area contributed by atoms with Crippen LogP contribution >= 0.6 is 0 Å². The van der Waals surface area contributed by atoms with Gasteiger partial charge in [0.1, 0.15) is 11.5 Å². The largest absolute Gasteiger partial charge is 0.506 e. The fourth-order valence-corrected chi connectivity index (χ4v) is 4.76. The molecule has 0 atom stereocenters. The van der Waals surface area contributed by atoms with E-state index in [0.29, 0.717) is 46.6 Å². The number of phenols is 2. The molecule has 4 aromatic carbocycles. The predicted octanol–water partition coefficient (Wildman–Crippen LogP) is 7.80. The normalized spacial score (nSPS) is 10.7. The second-order valence-corrected chi connectivity index (χ2v) is 11.4. The monoisotopic (exact) mass is 652 g/mol. The van der Waals surface area contributed by atoms with E-state index in [1.54, 1.807) is 50.2 Å². The zero-order valence-electron chi connectivity index (χ0n) is 27.5. The molecular weight excluding hydrogens is 612 g/mol. The van der Waals surface area contributed by atoms with Gasteiger partial charge in [-0.25, -0.2) is 9.59 Å². The molecule has 0 heterocycles. The van der Waals surface area contributed by atoms with Crippen LogP contribution in [0.5, 0.6) is 11.5 Å². The van der Waals surface area contributed by atoms with Gasteiger partial charge in [-0.3, -0.25) is 9.59 Å². The second kappa shape index (κ2) is 16.3. The van der Waals surface area contributed by atoms with Crippen LogP contribution in [0, 0.1) is 13.8 Å². The lowest BCUT2D eigenvalue weighted by atomic mass is 10.0. The van der Waals surface area contributed by atoms with E-state index in [2.05, 4.69) is 10.6 Å². The van der Waals surface area contributed by atoms with E-state index in [0.717, 1.165) is 25.7 Å². The van der Waals surface area contributed by atoms with E-state index < -0.39 is 23.8 Å². The standard InChI is InChI=1S/C38H40N2O8/c1-5-7-17-47-37(45)29-19-27(11-9-23(29)3)35(43)39-31-15-13-25(21-33(31)41)26-14-16-32(34(42)22-26)40-36(44)28-12-10-24(4)30(20-28)38(46)48-18-8-6-2/h9-16,19-22,41-42H,5-8,17-18H2,1-4H3,(H,39,43)(H,40,44). The van der Waals surface area contributed by atoms with Gasteiger partial charge >= 0.3 is 11.9 Å². The third-order valence-corrected chi connectivity index (χ3v) is 7.73. The molecule has 0 aliphatic heterocycles. The first-order chi connectivity index (χ1) is 23.0. The van der Waals surface area contributed by atoms with Crippen molar-refractivity contribution in [3.8, 4) is 22.6 Å². The van der Waals surface area contributed by atoms with E-state index in [4.69, 9.17) is 9.47 Å². The number of aromatic hydroxyl groups is 2. The average molecular weight is 653 g/mol. The van der Waals surface area contributed by atoms with Gasteiger partial charge in [0, 0.05) is 11.1 Å². The molecule has 0 fully saturated rings. The Morgan fingerprint density at radius 1 is 0.583 bits per heavy atom. The van der Waals surface area contributed by atoms with Gasteiger partial charge in [-0.05, 0) is 97.5 Å². The molecule has 0 radical (unpaired) electrons. The molecule has 0 spiro atoms. The number of benzene rings is 4. The van der Waals surface area contributed by atoms with E-state index >= 15 is 0 Å². The topological polar surface area (TPSA) is 151 Å². The van der Waals surface area contributed by atoms with Crippen molar-refractivity contribution in [2.45, 2.75) is 53.4 Å². The fourth-order valence-electron chi connectivity index (χ4n) is 4.76. The molecule has 4 aromatic rings. The van der Waals surface area contributed by atoms with Gasteiger partial charge in [0.2, 0.25) is 0 Å². The van der Waals surface area contributed by atoms with Crippen molar-refractivity contribution in [1.82, 2.24) is 0 Å². The lowest BCUT2D eigenvalue weighted by Crippen LogP contribution is -2.15. The number of rotatable bonds is 13. The van der Waals surface area contributed by atoms with Crippen molar-refractivity contribution in [1.29, 1.82) is 0 Å². The highest BCUT2D eigenvalue weighted by molar-refractivity contribution is 6.07. The zero-order valence-corrected chi connectivity index (χ0v) is 27.5. The van der Waals surface area contributed by atoms with Gasteiger partial charge < -0.3 is 30.3 Å². The molecule has 0 bridgehead atoms. The molecule has 4 rings (SSSR count). The van der Waals surface area contributed by atoms with Crippen LogP contribution in [0.2, 0.25) is 0 Å². The minimum Gasteiger partial charge on any atom is -0.506 e. The van der Waals surface area contributed by atoms with Gasteiger partial charge in [-0.1, -0.05) is 51.0 Å². The number of carbonyl (C=O) groups excluding carboxylic acids is 4. The molecule has 0 aromatic heterocycles. The van der Waals surface area contributed by atoms with Gasteiger partial charge in [-0.15, -0.1) is 0 Å². The Labute approximate surface area is 279 Å². The first-order valence-electron chi connectivity index (χ1n) is 15.9. The van der Waals surface area contributed by atoms with Crippen molar-refractivity contribution >= 4 is 35.1 Å². The molecule has 4 N–H and O–H groups in total. The summed E-state index contributed by atoms with van der Waals surface area (Å²) in [7, 11) is 0. The molecule has 10 nitrogen and oxygen atoms in total. The Morgan fingerprint density at radius 3 is 1.33 bits per heavy atom. The molecule has 0 unspecified atom stereocenters. The lowest BCUT2D eigenvalue weighted by Gasteiger charge is -2.13. The summed E-state index contributed by atoms with van der Waals surface area (Å²) in [6, 6.07) is 18.6. The summed E-state index contributed by atoms with van der Waals surface area (Å²) in [6.45, 7) is 8.11. The number of esters is 2. The highest BCUT2D eigenvalue weighted by Crippen LogP contribution is 2.34. The molecule has 0 aliphatic rings. The van der Waals surface area contributed by atoms with Crippen LogP contribution in [0.4, 0.5) is 11.4 Å². The van der Waals surface area contributed by atoms with Crippen molar-refractivity contribution in [3.63, 3.8) is 0 Å². The van der Waals surface area contributed by atoms with Gasteiger partial charge in [0.25, 0.3) is 11.8 Å². The summed E-state index contributed by atoms with van der Waals surface area (Å²) in [4.78, 5) is 51.0. The summed E-state index contributed by atoms with van der Waals surface area (Å²) in [5.74, 6) is -2.47. The summed E-state index contributed by atoms with van der Waals surface area (Å²) in [6.07, 6.45) is 3.26. The van der Waals surface area contributed by atoms with Crippen LogP contribution in [0.15, 0.2) is 72.8 Å². The molecule has 2 amide bonds. The molecule has 250 valence electrons. The quantitative estimate of drug-likeness (QED) is 0.0649. The number of carbonyl (C=O) groups is 4. The number of ether oxygens (including phenoxy) is 2. The van der Waals surface area contributed by atoms with E-state index in [-0.39, 0.29) is 34.0 Å². The molecule has 48 heavy (non-hydrogen) atoms. The smallest absolute Gasteiger partial charge is 0.338 e. The fraction of sp³-hybridized carbons (Fsp3) is 0.263. The maximum Gasteiger partial charge on any atom is 0.338 e. The molecule has 0 saturated heterocycles. The van der Waals surface area contributed by atoms with E-state index in [1.807, 2.05) is 13.8 Å². The summed E-state index contributed by atoms with van der Waals surface area (Å²) in [5, 5.41) is 26.8. The summed E-state index contributed by atoms with van der Waals surface area (Å²) >= 11 is 0. The summed E-state index contributed by atoms with van der Waals surface area (Å²) < 4.78 is 10.6. The number of aryl methyl sites for hydroxylation is 2. The number of phenolic OH excluding ortho intramolecular Hbond substituents is 2. The lowest BCUT2D eigenvalue weighted by molar-refractivity contribution is 0.0489. The van der Waals surface area contributed by atoms with Crippen LogP contribution in [-0.4, -0.2) is 47.2 Å². The van der Waals surface area contributed by atoms with Crippen LogP contribution in [0.1, 0.15) is 92.1 Å². The number of amides is 2. The Bertz CT molecular complexity index is 1700. The van der Waals surface area contributed by atoms with Crippen LogP contribution in [0.25, 0.3) is 11.1 Å². The Kier molecular flexibility index (Phi) is 11.9. The van der Waals surface area contributed by atoms with Gasteiger partial charge in [0.15, 0.2) is 0 Å². The van der Waals surface area contributed by atoms with Crippen molar-refractivity contribution in [2.75, 3.05) is 23.8 Å². The molecule has 0 aliphatic carbocycles. The second-order valence-electron chi connectivity index (χ2n) is 11.4. The molecule has 0 saturated carbocycles. The first-order valence-corrected chi connectivity index (χ1v) is 15.9. The minimum absolute atomic E-state index is 0.149. The zero-order chi connectivity index (χ0) is 34.8.